The number of ether oxygens (including phenoxy) is 1. The Morgan fingerprint density at radius 2 is 2.18 bits per heavy atom. The van der Waals surface area contributed by atoms with E-state index in [1.54, 1.807) is 0 Å². The first-order valence-electron chi connectivity index (χ1n) is 4.04. The fourth-order valence-corrected chi connectivity index (χ4v) is 1.79. The molecule has 0 aliphatic carbocycles. The van der Waals surface area contributed by atoms with E-state index in [2.05, 4.69) is 9.72 Å². The molecule has 0 bridgehead atoms. The molecule has 1 aromatic heterocycles. The van der Waals surface area contributed by atoms with Crippen LogP contribution in [-0.4, -0.2) is 16.3 Å². The lowest BCUT2D eigenvalue weighted by Crippen LogP contribution is -2.20. The monoisotopic (exact) mass is 363 g/mol. The number of rotatable bonds is 3. The topological polar surface area (TPSA) is 91.3 Å². The van der Waals surface area contributed by atoms with Gasteiger partial charge in [0.1, 0.15) is 9.77 Å². The maximum absolute atomic E-state index is 12.0. The molecule has 0 aromatic carbocycles. The minimum Gasteiger partial charge on any atom is -0.387 e. The van der Waals surface area contributed by atoms with Gasteiger partial charge in [-0.25, -0.2) is 4.98 Å². The summed E-state index contributed by atoms with van der Waals surface area (Å²) < 4.78 is 39.6. The van der Waals surface area contributed by atoms with Gasteiger partial charge in [-0.1, -0.05) is 0 Å². The van der Waals surface area contributed by atoms with E-state index in [1.807, 2.05) is 0 Å². The van der Waals surface area contributed by atoms with E-state index >= 15 is 0 Å². The Balaban J connectivity index is 3.26. The fraction of sp³-hybridized carbons (Fsp3) is 0.286. The second-order valence-corrected chi connectivity index (χ2v) is 3.83. The average Bonchev–Trinajstić information content (AvgIpc) is 2.15. The number of hydrogen-bond donors (Lipinski definition) is 1. The van der Waals surface area contributed by atoms with Crippen molar-refractivity contribution in [3.63, 3.8) is 0 Å². The molecule has 0 amide bonds. The van der Waals surface area contributed by atoms with E-state index < -0.39 is 22.9 Å². The number of halogens is 4. The lowest BCUT2D eigenvalue weighted by Gasteiger charge is -2.12. The van der Waals surface area contributed by atoms with Crippen molar-refractivity contribution in [1.82, 2.24) is 4.98 Å². The standard InChI is InChI=1S/C7H5F3IN3O3/c8-7(9,10)17-6-3(1-12)5(11)4(2-13-6)14(15)16/h2H,1,12H2. The van der Waals surface area contributed by atoms with Gasteiger partial charge in [0.25, 0.3) is 0 Å². The highest BCUT2D eigenvalue weighted by Crippen LogP contribution is 2.31. The van der Waals surface area contributed by atoms with E-state index in [0.29, 0.717) is 6.20 Å². The number of nitrogens with two attached hydrogens (primary N) is 1. The molecule has 0 aliphatic heterocycles. The van der Waals surface area contributed by atoms with Gasteiger partial charge in [0.15, 0.2) is 0 Å². The maximum atomic E-state index is 12.0. The molecular weight excluding hydrogens is 358 g/mol. The van der Waals surface area contributed by atoms with Crippen LogP contribution < -0.4 is 10.5 Å². The summed E-state index contributed by atoms with van der Waals surface area (Å²) in [7, 11) is 0. The largest absolute Gasteiger partial charge is 0.574 e. The number of aromatic nitrogens is 1. The molecule has 0 radical (unpaired) electrons. The maximum Gasteiger partial charge on any atom is 0.574 e. The first-order chi connectivity index (χ1) is 7.76. The molecule has 0 saturated heterocycles. The Kier molecular flexibility index (Phi) is 4.08. The van der Waals surface area contributed by atoms with E-state index in [1.165, 1.54) is 22.6 Å². The van der Waals surface area contributed by atoms with Gasteiger partial charge in [0.2, 0.25) is 5.88 Å². The van der Waals surface area contributed by atoms with Crippen molar-refractivity contribution in [3.05, 3.63) is 25.4 Å². The highest BCUT2D eigenvalue weighted by molar-refractivity contribution is 14.1. The Labute approximate surface area is 106 Å². The molecule has 0 atom stereocenters. The highest BCUT2D eigenvalue weighted by Gasteiger charge is 2.34. The van der Waals surface area contributed by atoms with Gasteiger partial charge in [-0.2, -0.15) is 0 Å². The van der Waals surface area contributed by atoms with Gasteiger partial charge in [-0.05, 0) is 22.6 Å². The number of hydrogen-bond acceptors (Lipinski definition) is 5. The van der Waals surface area contributed by atoms with Crippen LogP contribution in [0.5, 0.6) is 5.88 Å². The molecular formula is C7H5F3IN3O3. The van der Waals surface area contributed by atoms with Crippen LogP contribution in [0.15, 0.2) is 6.20 Å². The molecule has 0 unspecified atom stereocenters. The van der Waals surface area contributed by atoms with Gasteiger partial charge in [-0.15, -0.1) is 13.2 Å². The number of nitro groups is 1. The van der Waals surface area contributed by atoms with Crippen molar-refractivity contribution in [2.24, 2.45) is 5.73 Å². The third-order valence-electron chi connectivity index (χ3n) is 1.67. The Bertz CT molecular complexity index is 452. The summed E-state index contributed by atoms with van der Waals surface area (Å²) >= 11 is 1.52. The molecule has 1 aromatic rings. The minimum absolute atomic E-state index is 0.0237. The zero-order valence-corrected chi connectivity index (χ0v) is 10.2. The predicted molar refractivity (Wildman–Crippen MR) is 58.2 cm³/mol. The zero-order chi connectivity index (χ0) is 13.2. The second-order valence-electron chi connectivity index (χ2n) is 2.75. The second kappa shape index (κ2) is 5.00. The molecule has 6 nitrogen and oxygen atoms in total. The summed E-state index contributed by atoms with van der Waals surface area (Å²) in [6.45, 7) is -0.349. The molecule has 1 heterocycles. The first kappa shape index (κ1) is 13.9. The molecule has 0 fully saturated rings. The van der Waals surface area contributed by atoms with Crippen LogP contribution in [0.3, 0.4) is 0 Å². The normalized spacial score (nSPS) is 11.4. The van der Waals surface area contributed by atoms with Gasteiger partial charge < -0.3 is 10.5 Å². The lowest BCUT2D eigenvalue weighted by molar-refractivity contribution is -0.386. The van der Waals surface area contributed by atoms with E-state index in [-0.39, 0.29) is 15.7 Å². The molecule has 0 saturated carbocycles. The van der Waals surface area contributed by atoms with Crippen molar-refractivity contribution in [2.45, 2.75) is 12.9 Å². The summed E-state index contributed by atoms with van der Waals surface area (Å²) in [5, 5.41) is 10.5. The van der Waals surface area contributed by atoms with Crippen molar-refractivity contribution in [2.75, 3.05) is 0 Å². The van der Waals surface area contributed by atoms with Crippen LogP contribution in [0.25, 0.3) is 0 Å². The predicted octanol–water partition coefficient (Wildman–Crippen LogP) is 1.95. The molecule has 0 spiro atoms. The SMILES string of the molecule is NCc1c(OC(F)(F)F)ncc([N+](=O)[O-])c1I. The van der Waals surface area contributed by atoms with Crippen LogP contribution in [0.4, 0.5) is 18.9 Å². The van der Waals surface area contributed by atoms with E-state index in [9.17, 15) is 23.3 Å². The van der Waals surface area contributed by atoms with Crippen molar-refractivity contribution >= 4 is 28.3 Å². The van der Waals surface area contributed by atoms with Crippen molar-refractivity contribution in [3.8, 4) is 5.88 Å². The zero-order valence-electron chi connectivity index (χ0n) is 7.99. The third kappa shape index (κ3) is 3.39. The summed E-state index contributed by atoms with van der Waals surface area (Å²) in [5.74, 6) is -0.769. The summed E-state index contributed by atoms with van der Waals surface area (Å²) in [6, 6.07) is 0. The summed E-state index contributed by atoms with van der Waals surface area (Å²) in [6.07, 6.45) is -4.22. The van der Waals surface area contributed by atoms with Gasteiger partial charge >= 0.3 is 12.0 Å². The lowest BCUT2D eigenvalue weighted by atomic mass is 10.2. The number of nitrogens with zero attached hydrogens (tertiary/aromatic N) is 2. The van der Waals surface area contributed by atoms with Crippen LogP contribution in [0.1, 0.15) is 5.56 Å². The van der Waals surface area contributed by atoms with Crippen molar-refractivity contribution in [1.29, 1.82) is 0 Å². The smallest absolute Gasteiger partial charge is 0.387 e. The van der Waals surface area contributed by atoms with Crippen LogP contribution in [0.2, 0.25) is 0 Å². The Morgan fingerprint density at radius 3 is 2.59 bits per heavy atom. The van der Waals surface area contributed by atoms with Crippen molar-refractivity contribution < 1.29 is 22.8 Å². The fourth-order valence-electron chi connectivity index (χ4n) is 1.00. The van der Waals surface area contributed by atoms with Crippen LogP contribution >= 0.6 is 22.6 Å². The molecule has 0 aliphatic rings. The Hall–Kier alpha value is -1.17. The Morgan fingerprint density at radius 1 is 1.59 bits per heavy atom. The first-order valence-corrected chi connectivity index (χ1v) is 5.11. The summed E-state index contributed by atoms with van der Waals surface area (Å²) in [5.41, 5.74) is 4.65. The van der Waals surface area contributed by atoms with Gasteiger partial charge in [-0.3, -0.25) is 10.1 Å². The summed E-state index contributed by atoms with van der Waals surface area (Å²) in [4.78, 5) is 13.0. The van der Waals surface area contributed by atoms with Crippen LogP contribution in [0, 0.1) is 13.7 Å². The van der Waals surface area contributed by atoms with Crippen LogP contribution in [-0.2, 0) is 6.54 Å². The molecule has 94 valence electrons. The molecule has 2 N–H and O–H groups in total. The molecule has 1 rings (SSSR count). The van der Waals surface area contributed by atoms with E-state index in [0.717, 1.165) is 0 Å². The molecule has 17 heavy (non-hydrogen) atoms. The average molecular weight is 363 g/mol. The highest BCUT2D eigenvalue weighted by atomic mass is 127. The van der Waals surface area contributed by atoms with Gasteiger partial charge in [0.05, 0.1) is 4.92 Å². The quantitative estimate of drug-likeness (QED) is 0.504. The molecule has 10 heteroatoms. The number of pyridine rings is 1. The minimum atomic E-state index is -4.92. The number of alkyl halides is 3. The van der Waals surface area contributed by atoms with E-state index in [4.69, 9.17) is 5.73 Å². The van der Waals surface area contributed by atoms with Gasteiger partial charge in [0, 0.05) is 12.1 Å². The third-order valence-corrected chi connectivity index (χ3v) is 2.87.